The van der Waals surface area contributed by atoms with Gasteiger partial charge in [0.05, 0.1) is 11.0 Å². The molecule has 1 unspecified atom stereocenters. The first-order chi connectivity index (χ1) is 12.3. The molecular weight excluding hydrogens is 348 g/mol. The minimum absolute atomic E-state index is 0.265. The average molecular weight is 375 g/mol. The highest BCUT2D eigenvalue weighted by molar-refractivity contribution is 7.92. The summed E-state index contributed by atoms with van der Waals surface area (Å²) >= 11 is 0. The van der Waals surface area contributed by atoms with Gasteiger partial charge in [0.1, 0.15) is 0 Å². The molecule has 1 saturated heterocycles. The van der Waals surface area contributed by atoms with Crippen molar-refractivity contribution in [1.29, 1.82) is 0 Å². The second-order valence-electron chi connectivity index (χ2n) is 6.95. The summed E-state index contributed by atoms with van der Waals surface area (Å²) in [6.07, 6.45) is 1.28. The van der Waals surface area contributed by atoms with Crippen molar-refractivity contribution in [3.05, 3.63) is 53.1 Å². The van der Waals surface area contributed by atoms with Crippen molar-refractivity contribution in [3.63, 3.8) is 0 Å². The van der Waals surface area contributed by atoms with Crippen LogP contribution in [0.25, 0.3) is 0 Å². The molecule has 1 heterocycles. The van der Waals surface area contributed by atoms with Crippen molar-refractivity contribution in [3.8, 4) is 0 Å². The minimum Gasteiger partial charge on any atom is -0.380 e. The van der Waals surface area contributed by atoms with Crippen LogP contribution in [0.1, 0.15) is 23.1 Å². The third kappa shape index (κ3) is 3.86. The van der Waals surface area contributed by atoms with Gasteiger partial charge in [-0.1, -0.05) is 6.07 Å². The number of sulfonamides is 1. The Morgan fingerprint density at radius 1 is 1.04 bits per heavy atom. The van der Waals surface area contributed by atoms with E-state index in [0.717, 1.165) is 41.9 Å². The van der Waals surface area contributed by atoms with Crippen LogP contribution in [0, 0.1) is 20.8 Å². The smallest absolute Gasteiger partial charge is 0.262 e. The summed E-state index contributed by atoms with van der Waals surface area (Å²) in [6.45, 7) is 7.54. The molecule has 0 aromatic heterocycles. The number of hydrogen-bond acceptors (Lipinski definition) is 4. The SMILES string of the molecule is COC1CCN(c2ccc(NS(=O)(=O)c3cc(C)c(C)cc3C)cc2)C1. The quantitative estimate of drug-likeness (QED) is 0.868. The van der Waals surface area contributed by atoms with Gasteiger partial charge in [0.25, 0.3) is 10.0 Å². The molecule has 0 radical (unpaired) electrons. The van der Waals surface area contributed by atoms with Gasteiger partial charge >= 0.3 is 0 Å². The van der Waals surface area contributed by atoms with Crippen LogP contribution < -0.4 is 9.62 Å². The average Bonchev–Trinajstić information content (AvgIpc) is 3.07. The third-order valence-corrected chi connectivity index (χ3v) is 6.57. The molecule has 3 rings (SSSR count). The summed E-state index contributed by atoms with van der Waals surface area (Å²) in [5.41, 5.74) is 4.45. The number of ether oxygens (including phenoxy) is 1. The van der Waals surface area contributed by atoms with E-state index in [0.29, 0.717) is 10.6 Å². The standard InChI is InChI=1S/C20H26N2O3S/c1-14-11-16(3)20(12-15(14)2)26(23,24)21-17-5-7-18(8-6-17)22-10-9-19(13-22)25-4/h5-8,11-12,19,21H,9-10,13H2,1-4H3. The third-order valence-electron chi connectivity index (χ3n) is 5.04. The van der Waals surface area contributed by atoms with Crippen LogP contribution >= 0.6 is 0 Å². The highest BCUT2D eigenvalue weighted by atomic mass is 32.2. The normalized spacial score (nSPS) is 17.5. The van der Waals surface area contributed by atoms with Crippen molar-refractivity contribution < 1.29 is 13.2 Å². The van der Waals surface area contributed by atoms with E-state index in [2.05, 4.69) is 9.62 Å². The van der Waals surface area contributed by atoms with Crippen LogP contribution in [0.5, 0.6) is 0 Å². The summed E-state index contributed by atoms with van der Waals surface area (Å²) in [5, 5.41) is 0. The van der Waals surface area contributed by atoms with Crippen molar-refractivity contribution in [2.45, 2.75) is 38.2 Å². The molecule has 1 aliphatic heterocycles. The van der Waals surface area contributed by atoms with E-state index in [1.54, 1.807) is 13.2 Å². The Balaban J connectivity index is 1.77. The Morgan fingerprint density at radius 2 is 1.69 bits per heavy atom. The van der Waals surface area contributed by atoms with Crippen molar-refractivity contribution >= 4 is 21.4 Å². The fourth-order valence-electron chi connectivity index (χ4n) is 3.33. The highest BCUT2D eigenvalue weighted by Gasteiger charge is 2.22. The number of nitrogens with one attached hydrogen (secondary N) is 1. The van der Waals surface area contributed by atoms with Crippen molar-refractivity contribution in [1.82, 2.24) is 0 Å². The van der Waals surface area contributed by atoms with E-state index in [-0.39, 0.29) is 6.10 Å². The summed E-state index contributed by atoms with van der Waals surface area (Å²) in [6, 6.07) is 11.2. The van der Waals surface area contributed by atoms with E-state index < -0.39 is 10.0 Å². The van der Waals surface area contributed by atoms with Crippen LogP contribution in [-0.4, -0.2) is 34.7 Å². The Hall–Kier alpha value is -2.05. The number of rotatable bonds is 5. The molecule has 1 N–H and O–H groups in total. The molecule has 0 aliphatic carbocycles. The zero-order valence-corrected chi connectivity index (χ0v) is 16.6. The number of methoxy groups -OCH3 is 1. The number of hydrogen-bond donors (Lipinski definition) is 1. The molecular formula is C20H26N2O3S. The van der Waals surface area contributed by atoms with Gasteiger partial charge in [-0.2, -0.15) is 0 Å². The molecule has 1 atom stereocenters. The highest BCUT2D eigenvalue weighted by Crippen LogP contribution is 2.26. The fourth-order valence-corrected chi connectivity index (χ4v) is 4.70. The summed E-state index contributed by atoms with van der Waals surface area (Å²) in [4.78, 5) is 2.58. The zero-order valence-electron chi connectivity index (χ0n) is 15.7. The van der Waals surface area contributed by atoms with E-state index in [1.165, 1.54) is 0 Å². The maximum Gasteiger partial charge on any atom is 0.262 e. The van der Waals surface area contributed by atoms with Gasteiger partial charge in [-0.3, -0.25) is 4.72 Å². The van der Waals surface area contributed by atoms with Gasteiger partial charge in [0.2, 0.25) is 0 Å². The van der Waals surface area contributed by atoms with Crippen molar-refractivity contribution in [2.24, 2.45) is 0 Å². The molecule has 5 nitrogen and oxygen atoms in total. The van der Waals surface area contributed by atoms with Crippen molar-refractivity contribution in [2.75, 3.05) is 29.8 Å². The van der Waals surface area contributed by atoms with E-state index in [1.807, 2.05) is 51.1 Å². The van der Waals surface area contributed by atoms with E-state index in [4.69, 9.17) is 4.74 Å². The van der Waals surface area contributed by atoms with Gasteiger partial charge in [-0.05, 0) is 74.2 Å². The van der Waals surface area contributed by atoms with Gasteiger partial charge in [-0.25, -0.2) is 8.42 Å². The number of nitrogens with zero attached hydrogens (tertiary/aromatic N) is 1. The predicted molar refractivity (Wildman–Crippen MR) is 106 cm³/mol. The van der Waals surface area contributed by atoms with Crippen LogP contribution in [-0.2, 0) is 14.8 Å². The fraction of sp³-hybridized carbons (Fsp3) is 0.400. The lowest BCUT2D eigenvalue weighted by Gasteiger charge is -2.19. The predicted octanol–water partition coefficient (Wildman–Crippen LogP) is 3.64. The largest absolute Gasteiger partial charge is 0.380 e. The van der Waals surface area contributed by atoms with E-state index >= 15 is 0 Å². The monoisotopic (exact) mass is 374 g/mol. The molecule has 1 aliphatic rings. The van der Waals surface area contributed by atoms with Crippen LogP contribution in [0.4, 0.5) is 11.4 Å². The Bertz CT molecular complexity index is 892. The van der Waals surface area contributed by atoms with Gasteiger partial charge in [0, 0.05) is 31.6 Å². The number of benzene rings is 2. The lowest BCUT2D eigenvalue weighted by atomic mass is 10.1. The molecule has 0 spiro atoms. The topological polar surface area (TPSA) is 58.6 Å². The summed E-state index contributed by atoms with van der Waals surface area (Å²) in [5.74, 6) is 0. The zero-order chi connectivity index (χ0) is 18.9. The van der Waals surface area contributed by atoms with Crippen LogP contribution in [0.15, 0.2) is 41.3 Å². The van der Waals surface area contributed by atoms with E-state index in [9.17, 15) is 8.42 Å². The Kier molecular flexibility index (Phi) is 5.25. The second kappa shape index (κ2) is 7.29. The minimum atomic E-state index is -3.61. The Labute approximate surface area is 156 Å². The molecule has 0 bridgehead atoms. The first kappa shape index (κ1) is 18.7. The number of anilines is 2. The molecule has 2 aromatic carbocycles. The van der Waals surface area contributed by atoms with Crippen LogP contribution in [0.3, 0.4) is 0 Å². The second-order valence-corrected chi connectivity index (χ2v) is 8.60. The molecule has 2 aromatic rings. The summed E-state index contributed by atoms with van der Waals surface area (Å²) in [7, 11) is -1.87. The van der Waals surface area contributed by atoms with Gasteiger partial charge < -0.3 is 9.64 Å². The lowest BCUT2D eigenvalue weighted by molar-refractivity contribution is 0.121. The molecule has 1 fully saturated rings. The van der Waals surface area contributed by atoms with Gasteiger partial charge in [-0.15, -0.1) is 0 Å². The summed E-state index contributed by atoms with van der Waals surface area (Å²) < 4.78 is 33.6. The maximum atomic E-state index is 12.8. The molecule has 6 heteroatoms. The number of aryl methyl sites for hydroxylation is 3. The van der Waals surface area contributed by atoms with Gasteiger partial charge in [0.15, 0.2) is 0 Å². The first-order valence-corrected chi connectivity index (χ1v) is 10.3. The van der Waals surface area contributed by atoms with Crippen LogP contribution in [0.2, 0.25) is 0 Å². The molecule has 0 saturated carbocycles. The first-order valence-electron chi connectivity index (χ1n) is 8.78. The molecule has 0 amide bonds. The maximum absolute atomic E-state index is 12.8. The molecule has 140 valence electrons. The lowest BCUT2D eigenvalue weighted by Crippen LogP contribution is -2.22. The molecule has 26 heavy (non-hydrogen) atoms. The Morgan fingerprint density at radius 3 is 2.31 bits per heavy atom.